The van der Waals surface area contributed by atoms with E-state index in [2.05, 4.69) is 13.5 Å². The first-order valence-electron chi connectivity index (χ1n) is 5.55. The smallest absolute Gasteiger partial charge is 0.261 e. The molecule has 2 aromatic carbocycles. The van der Waals surface area contributed by atoms with Gasteiger partial charge >= 0.3 is 0 Å². The number of nitrogens with zero attached hydrogens (tertiary/aromatic N) is 2. The van der Waals surface area contributed by atoms with Crippen LogP contribution in [-0.2, 0) is 10.0 Å². The van der Waals surface area contributed by atoms with Gasteiger partial charge in [-0.25, -0.2) is 12.8 Å². The van der Waals surface area contributed by atoms with E-state index in [0.717, 1.165) is 11.7 Å². The Kier molecular flexibility index (Phi) is 3.11. The molecule has 102 valence electrons. The van der Waals surface area contributed by atoms with Gasteiger partial charge in [-0.3, -0.25) is 4.72 Å². The van der Waals surface area contributed by atoms with Gasteiger partial charge in [0.15, 0.2) is 0 Å². The summed E-state index contributed by atoms with van der Waals surface area (Å²) in [5.74, 6) is -0.428. The van der Waals surface area contributed by atoms with Crippen LogP contribution in [0.3, 0.4) is 0 Å². The molecular formula is C12H8FN3O2S2. The number of hydrogen-bond acceptors (Lipinski definition) is 5. The maximum absolute atomic E-state index is 12.8. The van der Waals surface area contributed by atoms with Crippen molar-refractivity contribution in [3.8, 4) is 0 Å². The Morgan fingerprint density at radius 1 is 1.00 bits per heavy atom. The highest BCUT2D eigenvalue weighted by atomic mass is 32.2. The summed E-state index contributed by atoms with van der Waals surface area (Å²) in [7, 11) is -3.73. The molecular weight excluding hydrogens is 301 g/mol. The number of anilines is 1. The Morgan fingerprint density at radius 2 is 1.70 bits per heavy atom. The van der Waals surface area contributed by atoms with Crippen LogP contribution in [0, 0.1) is 5.82 Å². The van der Waals surface area contributed by atoms with Crippen molar-refractivity contribution in [3.63, 3.8) is 0 Å². The first-order chi connectivity index (χ1) is 9.54. The average Bonchev–Trinajstić information content (AvgIpc) is 2.88. The minimum absolute atomic E-state index is 0.0852. The van der Waals surface area contributed by atoms with E-state index in [1.165, 1.54) is 36.4 Å². The lowest BCUT2D eigenvalue weighted by Gasteiger charge is -2.07. The van der Waals surface area contributed by atoms with E-state index in [4.69, 9.17) is 0 Å². The molecule has 0 radical (unpaired) electrons. The molecule has 1 heterocycles. The molecule has 8 heteroatoms. The van der Waals surface area contributed by atoms with Gasteiger partial charge in [-0.2, -0.15) is 8.75 Å². The minimum atomic E-state index is -3.73. The van der Waals surface area contributed by atoms with Crippen LogP contribution in [0.25, 0.3) is 11.0 Å². The van der Waals surface area contributed by atoms with Gasteiger partial charge in [-0.05, 0) is 42.5 Å². The van der Waals surface area contributed by atoms with E-state index in [-0.39, 0.29) is 4.90 Å². The molecule has 0 fully saturated rings. The van der Waals surface area contributed by atoms with Gasteiger partial charge in [-0.1, -0.05) is 0 Å². The van der Waals surface area contributed by atoms with Crippen molar-refractivity contribution in [2.24, 2.45) is 0 Å². The summed E-state index contributed by atoms with van der Waals surface area (Å²) in [6.45, 7) is 0. The van der Waals surface area contributed by atoms with E-state index in [9.17, 15) is 12.8 Å². The van der Waals surface area contributed by atoms with Crippen molar-refractivity contribution in [1.82, 2.24) is 8.75 Å². The van der Waals surface area contributed by atoms with Crippen molar-refractivity contribution >= 4 is 38.5 Å². The number of hydrogen-bond donors (Lipinski definition) is 1. The molecule has 1 N–H and O–H groups in total. The first kappa shape index (κ1) is 12.9. The van der Waals surface area contributed by atoms with Crippen LogP contribution < -0.4 is 4.72 Å². The highest BCUT2D eigenvalue weighted by molar-refractivity contribution is 7.92. The van der Waals surface area contributed by atoms with Gasteiger partial charge in [0, 0.05) is 5.69 Å². The number of fused-ring (bicyclic) bond motifs is 1. The summed E-state index contributed by atoms with van der Waals surface area (Å²) < 4.78 is 47.6. The molecule has 0 unspecified atom stereocenters. The molecule has 20 heavy (non-hydrogen) atoms. The van der Waals surface area contributed by atoms with Crippen LogP contribution in [0.4, 0.5) is 10.1 Å². The summed E-state index contributed by atoms with van der Waals surface area (Å²) in [6.07, 6.45) is 0. The van der Waals surface area contributed by atoms with Crippen LogP contribution in [-0.4, -0.2) is 17.2 Å². The molecule has 0 saturated carbocycles. The van der Waals surface area contributed by atoms with Crippen molar-refractivity contribution in [2.45, 2.75) is 4.90 Å². The topological polar surface area (TPSA) is 72.0 Å². The van der Waals surface area contributed by atoms with Gasteiger partial charge < -0.3 is 0 Å². The van der Waals surface area contributed by atoms with Gasteiger partial charge in [0.2, 0.25) is 0 Å². The largest absolute Gasteiger partial charge is 0.280 e. The molecule has 0 atom stereocenters. The second kappa shape index (κ2) is 4.80. The van der Waals surface area contributed by atoms with Crippen LogP contribution in [0.1, 0.15) is 0 Å². The molecule has 0 bridgehead atoms. The number of rotatable bonds is 3. The fourth-order valence-corrected chi connectivity index (χ4v) is 3.26. The summed E-state index contributed by atoms with van der Waals surface area (Å²) >= 11 is 1.02. The van der Waals surface area contributed by atoms with Crippen LogP contribution in [0.15, 0.2) is 47.4 Å². The van der Waals surface area contributed by atoms with E-state index in [0.29, 0.717) is 16.7 Å². The Morgan fingerprint density at radius 3 is 2.45 bits per heavy atom. The Balaban J connectivity index is 1.96. The fourth-order valence-electron chi connectivity index (χ4n) is 1.66. The van der Waals surface area contributed by atoms with E-state index < -0.39 is 15.8 Å². The van der Waals surface area contributed by atoms with E-state index in [1.807, 2.05) is 0 Å². The predicted molar refractivity (Wildman–Crippen MR) is 74.6 cm³/mol. The molecule has 0 aliphatic carbocycles. The lowest BCUT2D eigenvalue weighted by atomic mass is 10.3. The molecule has 0 amide bonds. The lowest BCUT2D eigenvalue weighted by Crippen LogP contribution is -2.12. The van der Waals surface area contributed by atoms with Crippen molar-refractivity contribution in [3.05, 3.63) is 48.3 Å². The third-order valence-corrected chi connectivity index (χ3v) is 4.57. The summed E-state index contributed by atoms with van der Waals surface area (Å²) in [4.78, 5) is 0.0852. The van der Waals surface area contributed by atoms with Gasteiger partial charge in [0.1, 0.15) is 16.9 Å². The molecule has 0 spiro atoms. The van der Waals surface area contributed by atoms with Crippen molar-refractivity contribution < 1.29 is 12.8 Å². The number of halogens is 1. The zero-order valence-electron chi connectivity index (χ0n) is 9.95. The third-order valence-electron chi connectivity index (χ3n) is 2.63. The molecule has 3 rings (SSSR count). The van der Waals surface area contributed by atoms with Crippen LogP contribution >= 0.6 is 11.7 Å². The average molecular weight is 309 g/mol. The SMILES string of the molecule is O=S(=O)(Nc1ccc(F)cc1)c1ccc2nsnc2c1. The monoisotopic (exact) mass is 309 g/mol. The van der Waals surface area contributed by atoms with Crippen molar-refractivity contribution in [1.29, 1.82) is 0 Å². The second-order valence-electron chi connectivity index (χ2n) is 4.03. The zero-order valence-corrected chi connectivity index (χ0v) is 11.6. The molecule has 3 aromatic rings. The number of aromatic nitrogens is 2. The summed E-state index contributed by atoms with van der Waals surface area (Å²) in [5, 5.41) is 0. The Hall–Kier alpha value is -2.06. The fraction of sp³-hybridized carbons (Fsp3) is 0. The highest BCUT2D eigenvalue weighted by Crippen LogP contribution is 2.20. The summed E-state index contributed by atoms with van der Waals surface area (Å²) in [5.41, 5.74) is 1.47. The Bertz CT molecular complexity index is 860. The number of benzene rings is 2. The highest BCUT2D eigenvalue weighted by Gasteiger charge is 2.15. The maximum Gasteiger partial charge on any atom is 0.261 e. The molecule has 0 aliphatic heterocycles. The first-order valence-corrected chi connectivity index (χ1v) is 7.77. The second-order valence-corrected chi connectivity index (χ2v) is 6.24. The van der Waals surface area contributed by atoms with Crippen LogP contribution in [0.5, 0.6) is 0 Å². The van der Waals surface area contributed by atoms with E-state index >= 15 is 0 Å². The lowest BCUT2D eigenvalue weighted by molar-refractivity contribution is 0.601. The number of nitrogens with one attached hydrogen (secondary N) is 1. The van der Waals surface area contributed by atoms with Crippen molar-refractivity contribution in [2.75, 3.05) is 4.72 Å². The number of sulfonamides is 1. The summed E-state index contributed by atoms with van der Waals surface area (Å²) in [6, 6.07) is 9.58. The molecule has 5 nitrogen and oxygen atoms in total. The molecule has 0 aliphatic rings. The zero-order chi connectivity index (χ0) is 14.2. The molecule has 0 saturated heterocycles. The quantitative estimate of drug-likeness (QED) is 0.807. The van der Waals surface area contributed by atoms with Gasteiger partial charge in [-0.15, -0.1) is 0 Å². The van der Waals surface area contributed by atoms with Gasteiger partial charge in [0.25, 0.3) is 10.0 Å². The predicted octanol–water partition coefficient (Wildman–Crippen LogP) is 2.63. The normalized spacial score (nSPS) is 11.7. The minimum Gasteiger partial charge on any atom is -0.280 e. The Labute approximate surface area is 118 Å². The molecule has 1 aromatic heterocycles. The van der Waals surface area contributed by atoms with E-state index in [1.54, 1.807) is 6.07 Å². The van der Waals surface area contributed by atoms with Gasteiger partial charge in [0.05, 0.1) is 16.6 Å². The third kappa shape index (κ3) is 2.47. The van der Waals surface area contributed by atoms with Crippen LogP contribution in [0.2, 0.25) is 0 Å². The maximum atomic E-state index is 12.8. The standard InChI is InChI=1S/C12H8FN3O2S2/c13-8-1-3-9(4-2-8)16-20(17,18)10-5-6-11-12(7-10)15-19-14-11/h1-7,16H.